The van der Waals surface area contributed by atoms with Crippen LogP contribution in [0.25, 0.3) is 0 Å². The van der Waals surface area contributed by atoms with E-state index in [1.165, 1.54) is 5.69 Å². The molecule has 3 rings (SSSR count). The Morgan fingerprint density at radius 1 is 1.12 bits per heavy atom. The minimum absolute atomic E-state index is 0.472. The van der Waals surface area contributed by atoms with Gasteiger partial charge in [-0.2, -0.15) is 0 Å². The van der Waals surface area contributed by atoms with Crippen LogP contribution in [0.5, 0.6) is 0 Å². The molecule has 0 saturated carbocycles. The summed E-state index contributed by atoms with van der Waals surface area (Å²) in [5, 5.41) is 19.8. The summed E-state index contributed by atoms with van der Waals surface area (Å²) >= 11 is 6.08. The van der Waals surface area contributed by atoms with Crippen LogP contribution in [0, 0.1) is 5.92 Å². The fraction of sp³-hybridized carbons (Fsp3) is 0.632. The van der Waals surface area contributed by atoms with Gasteiger partial charge in [-0.3, -0.25) is 9.69 Å². The van der Waals surface area contributed by atoms with E-state index >= 15 is 0 Å². The van der Waals surface area contributed by atoms with E-state index in [9.17, 15) is 9.90 Å². The molecule has 0 unspecified atom stereocenters. The van der Waals surface area contributed by atoms with Crippen LogP contribution in [-0.2, 0) is 4.79 Å². The Hall–Kier alpha value is -1.34. The zero-order valence-corrected chi connectivity index (χ0v) is 15.8. The molecular formula is C19H28ClN3O3. The second-order valence-corrected chi connectivity index (χ2v) is 7.70. The van der Waals surface area contributed by atoms with Gasteiger partial charge in [-0.25, -0.2) is 0 Å². The first-order valence-electron chi connectivity index (χ1n) is 9.39. The van der Waals surface area contributed by atoms with Crippen LogP contribution in [0.2, 0.25) is 5.02 Å². The zero-order chi connectivity index (χ0) is 18.5. The minimum Gasteiger partial charge on any atom is -0.481 e. The van der Waals surface area contributed by atoms with Gasteiger partial charge < -0.3 is 20.0 Å². The molecule has 2 aliphatic rings. The van der Waals surface area contributed by atoms with Crippen molar-refractivity contribution in [1.29, 1.82) is 0 Å². The number of hydrogen-bond donors (Lipinski definition) is 2. The second kappa shape index (κ2) is 9.04. The summed E-state index contributed by atoms with van der Waals surface area (Å²) in [6.07, 6.45) is 0.832. The number of carbonyl (C=O) groups is 1. The molecule has 2 atom stereocenters. The van der Waals surface area contributed by atoms with Gasteiger partial charge in [-0.05, 0) is 50.7 Å². The number of carboxylic acid groups (broad SMARTS) is 1. The van der Waals surface area contributed by atoms with Crippen LogP contribution in [0.1, 0.15) is 12.8 Å². The molecule has 0 aliphatic carbocycles. The molecule has 2 aliphatic heterocycles. The first-order valence-corrected chi connectivity index (χ1v) is 9.77. The van der Waals surface area contributed by atoms with Crippen LogP contribution in [0.4, 0.5) is 5.69 Å². The lowest BCUT2D eigenvalue weighted by Gasteiger charge is -2.37. The standard InChI is InChI=1S/C19H28ClN3O3/c20-15-3-1-4-16(13-15)23-11-9-21(10-12-23)6-2-7-22-8-5-17(19(25)26)18(24)14-22/h1,3-4,13,17-18,24H,2,5-12,14H2,(H,25,26)/t17-,18+/m0/s1. The third-order valence-electron chi connectivity index (χ3n) is 5.48. The van der Waals surface area contributed by atoms with E-state index in [0.29, 0.717) is 13.0 Å². The number of β-amino-alcohol motifs (C(OH)–C–C–N with tert-alkyl or cyclic N) is 1. The van der Waals surface area contributed by atoms with Crippen molar-refractivity contribution in [3.63, 3.8) is 0 Å². The molecule has 0 bridgehead atoms. The number of carboxylic acids is 1. The van der Waals surface area contributed by atoms with Crippen LogP contribution in [0.3, 0.4) is 0 Å². The van der Waals surface area contributed by atoms with Gasteiger partial charge in [0.2, 0.25) is 0 Å². The van der Waals surface area contributed by atoms with Crippen LogP contribution in [-0.4, -0.2) is 84.4 Å². The number of likely N-dealkylation sites (tertiary alicyclic amines) is 1. The number of aliphatic hydroxyl groups is 1. The van der Waals surface area contributed by atoms with Crippen molar-refractivity contribution in [3.05, 3.63) is 29.3 Å². The lowest BCUT2D eigenvalue weighted by molar-refractivity contribution is -0.148. The first kappa shape index (κ1) is 19.4. The molecule has 2 heterocycles. The maximum Gasteiger partial charge on any atom is 0.309 e. The Morgan fingerprint density at radius 3 is 2.50 bits per heavy atom. The van der Waals surface area contributed by atoms with E-state index in [1.807, 2.05) is 18.2 Å². The van der Waals surface area contributed by atoms with Crippen molar-refractivity contribution < 1.29 is 15.0 Å². The Bertz CT molecular complexity index is 607. The maximum absolute atomic E-state index is 11.0. The van der Waals surface area contributed by atoms with Gasteiger partial charge >= 0.3 is 5.97 Å². The van der Waals surface area contributed by atoms with E-state index in [-0.39, 0.29) is 0 Å². The second-order valence-electron chi connectivity index (χ2n) is 7.26. The normalized spacial score (nSPS) is 25.4. The average molecular weight is 382 g/mol. The maximum atomic E-state index is 11.0. The largest absolute Gasteiger partial charge is 0.481 e. The number of piperazine rings is 1. The monoisotopic (exact) mass is 381 g/mol. The minimum atomic E-state index is -0.880. The molecule has 7 heteroatoms. The van der Waals surface area contributed by atoms with Crippen LogP contribution < -0.4 is 4.90 Å². The Labute approximate surface area is 159 Å². The quantitative estimate of drug-likeness (QED) is 0.780. The average Bonchev–Trinajstić information content (AvgIpc) is 2.62. The molecule has 0 radical (unpaired) electrons. The molecule has 0 amide bonds. The SMILES string of the molecule is O=C(O)[C@H]1CCN(CCCN2CCN(c3cccc(Cl)c3)CC2)C[C@H]1O. The molecule has 2 N–H and O–H groups in total. The Kier molecular flexibility index (Phi) is 6.75. The van der Waals surface area contributed by atoms with Crippen molar-refractivity contribution in [2.75, 3.05) is 57.3 Å². The summed E-state index contributed by atoms with van der Waals surface area (Å²) in [7, 11) is 0. The number of aliphatic hydroxyl groups excluding tert-OH is 1. The number of anilines is 1. The van der Waals surface area contributed by atoms with Crippen LogP contribution >= 0.6 is 11.6 Å². The van der Waals surface area contributed by atoms with Gasteiger partial charge in [-0.15, -0.1) is 0 Å². The van der Waals surface area contributed by atoms with Crippen molar-refractivity contribution in [3.8, 4) is 0 Å². The van der Waals surface area contributed by atoms with Gasteiger partial charge in [-0.1, -0.05) is 17.7 Å². The van der Waals surface area contributed by atoms with E-state index in [1.54, 1.807) is 0 Å². The summed E-state index contributed by atoms with van der Waals surface area (Å²) in [4.78, 5) is 18.1. The number of aliphatic carboxylic acids is 1. The number of rotatable bonds is 6. The predicted molar refractivity (Wildman–Crippen MR) is 103 cm³/mol. The van der Waals surface area contributed by atoms with Crippen molar-refractivity contribution >= 4 is 23.3 Å². The molecule has 0 spiro atoms. The lowest BCUT2D eigenvalue weighted by Crippen LogP contribution is -2.48. The lowest BCUT2D eigenvalue weighted by atomic mass is 9.94. The summed E-state index contributed by atoms with van der Waals surface area (Å²) in [6, 6.07) is 8.01. The highest BCUT2D eigenvalue weighted by Gasteiger charge is 2.32. The molecule has 6 nitrogen and oxygen atoms in total. The topological polar surface area (TPSA) is 67.2 Å². The predicted octanol–water partition coefficient (Wildman–Crippen LogP) is 1.62. The number of nitrogens with zero attached hydrogens (tertiary/aromatic N) is 3. The van der Waals surface area contributed by atoms with Crippen molar-refractivity contribution in [2.24, 2.45) is 5.92 Å². The van der Waals surface area contributed by atoms with Gasteiger partial charge in [0, 0.05) is 43.4 Å². The first-order chi connectivity index (χ1) is 12.5. The summed E-state index contributed by atoms with van der Waals surface area (Å²) < 4.78 is 0. The summed E-state index contributed by atoms with van der Waals surface area (Å²) in [5.74, 6) is -1.49. The van der Waals surface area contributed by atoms with E-state index in [2.05, 4.69) is 20.8 Å². The molecular weight excluding hydrogens is 354 g/mol. The third kappa shape index (κ3) is 5.10. The summed E-state index contributed by atoms with van der Waals surface area (Å²) in [6.45, 7) is 7.27. The zero-order valence-electron chi connectivity index (χ0n) is 15.1. The molecule has 0 aromatic heterocycles. The third-order valence-corrected chi connectivity index (χ3v) is 5.71. The highest BCUT2D eigenvalue weighted by molar-refractivity contribution is 6.30. The van der Waals surface area contributed by atoms with E-state index < -0.39 is 18.0 Å². The molecule has 26 heavy (non-hydrogen) atoms. The van der Waals surface area contributed by atoms with Crippen LogP contribution in [0.15, 0.2) is 24.3 Å². The molecule has 2 saturated heterocycles. The number of piperidine rings is 1. The fourth-order valence-corrected chi connectivity index (χ4v) is 4.09. The highest BCUT2D eigenvalue weighted by atomic mass is 35.5. The fourth-order valence-electron chi connectivity index (χ4n) is 3.91. The Balaban J connectivity index is 1.35. The molecule has 2 fully saturated rings. The van der Waals surface area contributed by atoms with Crippen molar-refractivity contribution in [1.82, 2.24) is 9.80 Å². The van der Waals surface area contributed by atoms with E-state index in [4.69, 9.17) is 16.7 Å². The molecule has 144 valence electrons. The molecule has 1 aromatic carbocycles. The molecule has 1 aromatic rings. The number of hydrogen-bond acceptors (Lipinski definition) is 5. The van der Waals surface area contributed by atoms with Gasteiger partial charge in [0.15, 0.2) is 0 Å². The van der Waals surface area contributed by atoms with Crippen molar-refractivity contribution in [2.45, 2.75) is 18.9 Å². The van der Waals surface area contributed by atoms with Gasteiger partial charge in [0.05, 0.1) is 12.0 Å². The summed E-state index contributed by atoms with van der Waals surface area (Å²) in [5.41, 5.74) is 1.19. The Morgan fingerprint density at radius 2 is 1.85 bits per heavy atom. The highest BCUT2D eigenvalue weighted by Crippen LogP contribution is 2.21. The van der Waals surface area contributed by atoms with E-state index in [0.717, 1.165) is 57.3 Å². The smallest absolute Gasteiger partial charge is 0.309 e. The number of benzene rings is 1. The number of halogens is 1. The van der Waals surface area contributed by atoms with Gasteiger partial charge in [0.25, 0.3) is 0 Å². The van der Waals surface area contributed by atoms with Gasteiger partial charge in [0.1, 0.15) is 0 Å².